The maximum atomic E-state index is 14.2. The van der Waals surface area contributed by atoms with Crippen molar-refractivity contribution in [2.45, 2.75) is 18.6 Å². The lowest BCUT2D eigenvalue weighted by Crippen LogP contribution is -2.49. The van der Waals surface area contributed by atoms with Crippen molar-refractivity contribution in [3.8, 4) is 11.3 Å². The standard InChI is InChI=1S/C25H20ClF3N4O/c26-17-8-5-7-16(14-17)21-19-10-3-4-13-33(19)23(31-21)24(34)32-22(25(27,28)29)18-9-2-1-6-15-11-12-30-20(15)18/h1-10,13-15,22,30H,11-12H2,(H,32,34)/p+1. The molecule has 1 fully saturated rings. The van der Waals surface area contributed by atoms with Gasteiger partial charge in [-0.25, -0.2) is 4.98 Å². The summed E-state index contributed by atoms with van der Waals surface area (Å²) >= 11 is 6.13. The topological polar surface area (TPSA) is 61.0 Å². The molecule has 0 spiro atoms. The molecule has 9 heteroatoms. The van der Waals surface area contributed by atoms with Crippen LogP contribution in [0.3, 0.4) is 0 Å². The van der Waals surface area contributed by atoms with Crippen molar-refractivity contribution < 1.29 is 22.4 Å². The number of alkyl halides is 3. The fraction of sp³-hybridized carbons (Fsp3) is 0.200. The normalized spacial score (nSPS) is 18.5. The van der Waals surface area contributed by atoms with E-state index in [2.05, 4.69) is 15.6 Å². The number of H-pyrrole nitrogens is 1. The Balaban J connectivity index is 1.56. The second-order valence-electron chi connectivity index (χ2n) is 8.20. The maximum absolute atomic E-state index is 14.2. The molecule has 1 aromatic carbocycles. The van der Waals surface area contributed by atoms with Crippen LogP contribution in [0.4, 0.5) is 13.2 Å². The number of halogens is 4. The number of carbonyl (C=O) groups excluding carboxylic acids is 1. The van der Waals surface area contributed by atoms with E-state index >= 15 is 0 Å². The van der Waals surface area contributed by atoms with E-state index in [-0.39, 0.29) is 17.3 Å². The average Bonchev–Trinajstić information content (AvgIpc) is 3.37. The van der Waals surface area contributed by atoms with Crippen LogP contribution in [0.1, 0.15) is 17.0 Å². The van der Waals surface area contributed by atoms with Gasteiger partial charge in [0.05, 0.1) is 6.20 Å². The number of carbonyl (C=O) groups is 1. The molecule has 174 valence electrons. The lowest BCUT2D eigenvalue weighted by atomic mass is 9.97. The van der Waals surface area contributed by atoms with Gasteiger partial charge in [-0.1, -0.05) is 54.1 Å². The zero-order valence-corrected chi connectivity index (χ0v) is 18.6. The number of fused-ring (bicyclic) bond motifs is 2. The van der Waals surface area contributed by atoms with Crippen molar-refractivity contribution in [2.75, 3.05) is 6.54 Å². The molecule has 5 nitrogen and oxygen atoms in total. The molecule has 1 aliphatic heterocycles. The fourth-order valence-electron chi connectivity index (χ4n) is 4.50. The number of nitrogens with one attached hydrogen (secondary N) is 3. The van der Waals surface area contributed by atoms with Gasteiger partial charge < -0.3 is 10.6 Å². The van der Waals surface area contributed by atoms with Crippen LogP contribution < -0.4 is 15.0 Å². The van der Waals surface area contributed by atoms with E-state index in [1.54, 1.807) is 54.7 Å². The molecular weight excluding hydrogens is 465 g/mol. The number of allylic oxidation sites excluding steroid dienone is 3. The molecule has 3 aromatic rings. The molecule has 2 atom stereocenters. The Bertz CT molecular complexity index is 1360. The highest BCUT2D eigenvalue weighted by atomic mass is 35.5. The van der Waals surface area contributed by atoms with Gasteiger partial charge in [0, 0.05) is 34.3 Å². The minimum absolute atomic E-state index is 0.0166. The second-order valence-corrected chi connectivity index (χ2v) is 8.63. The number of aromatic amines is 1. The first-order chi connectivity index (χ1) is 16.3. The summed E-state index contributed by atoms with van der Waals surface area (Å²) in [6.45, 7) is 0.584. The van der Waals surface area contributed by atoms with E-state index in [1.165, 1.54) is 10.5 Å². The molecule has 2 aliphatic rings. The Labute approximate surface area is 198 Å². The van der Waals surface area contributed by atoms with Gasteiger partial charge in [0.25, 0.3) is 0 Å². The van der Waals surface area contributed by atoms with Crippen LogP contribution in [-0.2, 0) is 0 Å². The minimum Gasteiger partial charge on any atom is -0.388 e. The first-order valence-corrected chi connectivity index (χ1v) is 11.2. The summed E-state index contributed by atoms with van der Waals surface area (Å²) in [6, 6.07) is 10.1. The van der Waals surface area contributed by atoms with Crippen LogP contribution in [0.2, 0.25) is 5.02 Å². The fourth-order valence-corrected chi connectivity index (χ4v) is 4.69. The summed E-state index contributed by atoms with van der Waals surface area (Å²) in [7, 11) is 0. The number of imidazole rings is 1. The minimum atomic E-state index is -4.69. The van der Waals surface area contributed by atoms with Gasteiger partial charge in [0.1, 0.15) is 0 Å². The molecule has 1 aliphatic carbocycles. The van der Waals surface area contributed by atoms with Crippen molar-refractivity contribution in [1.82, 2.24) is 15.6 Å². The number of nitrogens with zero attached hydrogens (tertiary/aromatic N) is 1. The average molecular weight is 486 g/mol. The Morgan fingerprint density at radius 2 is 2.03 bits per heavy atom. The van der Waals surface area contributed by atoms with Gasteiger partial charge in [-0.3, -0.25) is 4.79 Å². The van der Waals surface area contributed by atoms with Crippen LogP contribution in [-0.4, -0.2) is 29.7 Å². The second kappa shape index (κ2) is 8.68. The van der Waals surface area contributed by atoms with E-state index in [0.29, 0.717) is 40.5 Å². The largest absolute Gasteiger partial charge is 0.412 e. The van der Waals surface area contributed by atoms with Crippen molar-refractivity contribution in [2.24, 2.45) is 5.92 Å². The lowest BCUT2D eigenvalue weighted by Gasteiger charge is -2.24. The summed E-state index contributed by atoms with van der Waals surface area (Å²) in [4.78, 5) is 16.3. The molecule has 0 saturated carbocycles. The predicted octanol–water partition coefficient (Wildman–Crippen LogP) is 4.72. The van der Waals surface area contributed by atoms with Crippen LogP contribution >= 0.6 is 11.6 Å². The Kier molecular flexibility index (Phi) is 5.69. The highest BCUT2D eigenvalue weighted by Crippen LogP contribution is 2.34. The van der Waals surface area contributed by atoms with Crippen molar-refractivity contribution in [1.29, 1.82) is 0 Å². The number of amides is 1. The monoisotopic (exact) mass is 485 g/mol. The first kappa shape index (κ1) is 22.3. The molecule has 0 radical (unpaired) electrons. The van der Waals surface area contributed by atoms with Crippen LogP contribution in [0.15, 0.2) is 84.2 Å². The maximum Gasteiger partial charge on any atom is 0.412 e. The molecule has 3 heterocycles. The van der Waals surface area contributed by atoms with Gasteiger partial charge in [-0.2, -0.15) is 17.6 Å². The summed E-state index contributed by atoms with van der Waals surface area (Å²) in [5.74, 6) is -1.02. The number of hydrogen-bond donors (Lipinski definition) is 3. The van der Waals surface area contributed by atoms with Gasteiger partial charge in [-0.15, -0.1) is 0 Å². The molecule has 3 N–H and O–H groups in total. The number of pyridine rings is 1. The Hall–Kier alpha value is -3.52. The molecule has 2 aromatic heterocycles. The third-order valence-electron chi connectivity index (χ3n) is 6.03. The summed E-state index contributed by atoms with van der Waals surface area (Å²) in [5, 5.41) is 5.81. The molecule has 2 unspecified atom stereocenters. The third kappa shape index (κ3) is 4.09. The number of aromatic nitrogens is 2. The van der Waals surface area contributed by atoms with Gasteiger partial charge in [0.15, 0.2) is 17.3 Å². The number of benzene rings is 1. The van der Waals surface area contributed by atoms with Gasteiger partial charge >= 0.3 is 17.9 Å². The van der Waals surface area contributed by atoms with E-state index in [4.69, 9.17) is 11.6 Å². The SMILES string of the molecule is O=C(NC(C1=C2NCCC2C=CC=C1)C(F)(F)F)c1[nH]c(-c2cccc(Cl)c2)c2cccc[n+]12. The molecule has 34 heavy (non-hydrogen) atoms. The quantitative estimate of drug-likeness (QED) is 0.468. The van der Waals surface area contributed by atoms with Crippen LogP contribution in [0.25, 0.3) is 16.8 Å². The number of rotatable bonds is 4. The molecule has 1 amide bonds. The Morgan fingerprint density at radius 1 is 1.18 bits per heavy atom. The smallest absolute Gasteiger partial charge is 0.388 e. The number of hydrogen-bond acceptors (Lipinski definition) is 2. The zero-order valence-electron chi connectivity index (χ0n) is 17.9. The molecule has 5 rings (SSSR count). The van der Waals surface area contributed by atoms with E-state index in [9.17, 15) is 18.0 Å². The van der Waals surface area contributed by atoms with Gasteiger partial charge in [-0.05, 0) is 30.7 Å². The first-order valence-electron chi connectivity index (χ1n) is 10.8. The summed E-state index contributed by atoms with van der Waals surface area (Å²) in [5.41, 5.74) is 2.44. The van der Waals surface area contributed by atoms with E-state index in [0.717, 1.165) is 0 Å². The van der Waals surface area contributed by atoms with Gasteiger partial charge in [0.2, 0.25) is 0 Å². The molecule has 0 bridgehead atoms. The highest BCUT2D eigenvalue weighted by Gasteiger charge is 2.46. The summed E-state index contributed by atoms with van der Waals surface area (Å²) in [6.07, 6.45) is 4.25. The van der Waals surface area contributed by atoms with E-state index < -0.39 is 18.1 Å². The van der Waals surface area contributed by atoms with E-state index in [1.807, 2.05) is 12.1 Å². The van der Waals surface area contributed by atoms with Crippen LogP contribution in [0.5, 0.6) is 0 Å². The summed E-state index contributed by atoms with van der Waals surface area (Å²) < 4.78 is 44.2. The van der Waals surface area contributed by atoms with Crippen molar-refractivity contribution >= 4 is 23.0 Å². The molecule has 1 saturated heterocycles. The predicted molar refractivity (Wildman–Crippen MR) is 123 cm³/mol. The lowest BCUT2D eigenvalue weighted by molar-refractivity contribution is -0.514. The van der Waals surface area contributed by atoms with Crippen molar-refractivity contribution in [3.05, 3.63) is 95.1 Å². The van der Waals surface area contributed by atoms with Crippen molar-refractivity contribution in [3.63, 3.8) is 0 Å². The third-order valence-corrected chi connectivity index (χ3v) is 6.26. The zero-order chi connectivity index (χ0) is 23.9. The Morgan fingerprint density at radius 3 is 2.82 bits per heavy atom. The molecular formula is C25H21ClF3N4O+. The highest BCUT2D eigenvalue weighted by molar-refractivity contribution is 6.30. The van der Waals surface area contributed by atoms with Crippen LogP contribution in [0, 0.1) is 5.92 Å².